The van der Waals surface area contributed by atoms with Crippen LogP contribution in [0.5, 0.6) is 5.75 Å². The maximum absolute atomic E-state index is 13.5. The van der Waals surface area contributed by atoms with E-state index in [0.717, 1.165) is 24.0 Å². The fourth-order valence-electron chi connectivity index (χ4n) is 2.72. The van der Waals surface area contributed by atoms with Crippen molar-refractivity contribution in [2.75, 3.05) is 12.4 Å². The summed E-state index contributed by atoms with van der Waals surface area (Å²) in [6.07, 6.45) is 2.17. The van der Waals surface area contributed by atoms with Crippen molar-refractivity contribution in [3.63, 3.8) is 0 Å². The highest BCUT2D eigenvalue weighted by Gasteiger charge is 2.15. The summed E-state index contributed by atoms with van der Waals surface area (Å²) in [6, 6.07) is 11.3. The minimum Gasteiger partial charge on any atom is -0.496 e. The zero-order chi connectivity index (χ0) is 14.1. The molecule has 2 nitrogen and oxygen atoms in total. The second-order valence-corrected chi connectivity index (χ2v) is 5.30. The Morgan fingerprint density at radius 1 is 1.20 bits per heavy atom. The predicted octanol–water partition coefficient (Wildman–Crippen LogP) is 4.25. The summed E-state index contributed by atoms with van der Waals surface area (Å²) in [5.74, 6) is 0.453. The van der Waals surface area contributed by atoms with Gasteiger partial charge in [0.25, 0.3) is 0 Å². The molecule has 0 fully saturated rings. The van der Waals surface area contributed by atoms with Crippen LogP contribution in [0, 0.1) is 5.82 Å². The SMILES string of the molecule is COc1ccc(F)cc1-c1ccc2c(c1)CCC(C)N2. The van der Waals surface area contributed by atoms with Gasteiger partial charge in [-0.1, -0.05) is 6.07 Å². The normalized spacial score (nSPS) is 17.2. The van der Waals surface area contributed by atoms with Crippen LogP contribution >= 0.6 is 0 Å². The van der Waals surface area contributed by atoms with E-state index in [1.54, 1.807) is 13.2 Å². The first-order chi connectivity index (χ1) is 9.67. The van der Waals surface area contributed by atoms with Crippen molar-refractivity contribution in [1.82, 2.24) is 0 Å². The van der Waals surface area contributed by atoms with Gasteiger partial charge in [-0.2, -0.15) is 0 Å². The van der Waals surface area contributed by atoms with E-state index in [1.165, 1.54) is 23.4 Å². The lowest BCUT2D eigenvalue weighted by Gasteiger charge is -2.24. The number of anilines is 1. The smallest absolute Gasteiger partial charge is 0.126 e. The molecule has 1 heterocycles. The molecule has 1 N–H and O–H groups in total. The Bertz CT molecular complexity index is 639. The van der Waals surface area contributed by atoms with E-state index in [0.29, 0.717) is 11.8 Å². The molecule has 1 aliphatic rings. The van der Waals surface area contributed by atoms with Crippen LogP contribution < -0.4 is 10.1 Å². The number of nitrogens with one attached hydrogen (secondary N) is 1. The summed E-state index contributed by atoms with van der Waals surface area (Å²) in [7, 11) is 1.61. The van der Waals surface area contributed by atoms with Gasteiger partial charge in [-0.25, -0.2) is 4.39 Å². The van der Waals surface area contributed by atoms with Gasteiger partial charge >= 0.3 is 0 Å². The van der Waals surface area contributed by atoms with Gasteiger partial charge in [0.15, 0.2) is 0 Å². The van der Waals surface area contributed by atoms with Crippen LogP contribution in [-0.4, -0.2) is 13.2 Å². The van der Waals surface area contributed by atoms with Crippen LogP contribution in [0.2, 0.25) is 0 Å². The van der Waals surface area contributed by atoms with Crippen molar-refractivity contribution in [2.24, 2.45) is 0 Å². The summed E-state index contributed by atoms with van der Waals surface area (Å²) >= 11 is 0. The van der Waals surface area contributed by atoms with Gasteiger partial charge in [-0.15, -0.1) is 0 Å². The van der Waals surface area contributed by atoms with Crippen LogP contribution in [0.4, 0.5) is 10.1 Å². The molecule has 3 heteroatoms. The molecular weight excluding hydrogens is 253 g/mol. The van der Waals surface area contributed by atoms with Crippen LogP contribution in [0.3, 0.4) is 0 Å². The fourth-order valence-corrected chi connectivity index (χ4v) is 2.72. The predicted molar refractivity (Wildman–Crippen MR) is 79.8 cm³/mol. The molecule has 3 rings (SSSR count). The monoisotopic (exact) mass is 271 g/mol. The van der Waals surface area contributed by atoms with E-state index < -0.39 is 0 Å². The fraction of sp³-hybridized carbons (Fsp3) is 0.294. The largest absolute Gasteiger partial charge is 0.496 e. The van der Waals surface area contributed by atoms with E-state index in [1.807, 2.05) is 6.07 Å². The van der Waals surface area contributed by atoms with Crippen molar-refractivity contribution in [2.45, 2.75) is 25.8 Å². The van der Waals surface area contributed by atoms with E-state index >= 15 is 0 Å². The average molecular weight is 271 g/mol. The molecule has 0 saturated heterocycles. The van der Waals surface area contributed by atoms with Gasteiger partial charge in [-0.3, -0.25) is 0 Å². The maximum Gasteiger partial charge on any atom is 0.126 e. The Morgan fingerprint density at radius 3 is 2.85 bits per heavy atom. The molecule has 1 unspecified atom stereocenters. The summed E-state index contributed by atoms with van der Waals surface area (Å²) in [4.78, 5) is 0. The van der Waals surface area contributed by atoms with Crippen LogP contribution in [0.25, 0.3) is 11.1 Å². The van der Waals surface area contributed by atoms with Gasteiger partial charge in [0.2, 0.25) is 0 Å². The third-order valence-electron chi connectivity index (χ3n) is 3.83. The number of ether oxygens (including phenoxy) is 1. The molecule has 1 aliphatic heterocycles. The van der Waals surface area contributed by atoms with Crippen LogP contribution in [0.1, 0.15) is 18.9 Å². The number of benzene rings is 2. The molecule has 2 aromatic rings. The zero-order valence-corrected chi connectivity index (χ0v) is 11.7. The van der Waals surface area contributed by atoms with Crippen molar-refractivity contribution in [3.05, 3.63) is 47.8 Å². The molecule has 1 atom stereocenters. The second kappa shape index (κ2) is 5.16. The van der Waals surface area contributed by atoms with Gasteiger partial charge in [-0.05, 0) is 61.2 Å². The Balaban J connectivity index is 2.05. The second-order valence-electron chi connectivity index (χ2n) is 5.30. The van der Waals surface area contributed by atoms with Crippen LogP contribution in [-0.2, 0) is 6.42 Å². The third-order valence-corrected chi connectivity index (χ3v) is 3.83. The number of methoxy groups -OCH3 is 1. The minimum absolute atomic E-state index is 0.245. The summed E-state index contributed by atoms with van der Waals surface area (Å²) in [5, 5.41) is 3.47. The molecule has 0 aromatic heterocycles. The van der Waals surface area contributed by atoms with Gasteiger partial charge in [0.05, 0.1) is 7.11 Å². The molecule has 0 saturated carbocycles. The average Bonchev–Trinajstić information content (AvgIpc) is 2.46. The highest BCUT2D eigenvalue weighted by atomic mass is 19.1. The summed E-state index contributed by atoms with van der Waals surface area (Å²) in [5.41, 5.74) is 4.26. The Kier molecular flexibility index (Phi) is 3.35. The number of rotatable bonds is 2. The van der Waals surface area contributed by atoms with Gasteiger partial charge < -0.3 is 10.1 Å². The first-order valence-corrected chi connectivity index (χ1v) is 6.91. The standard InChI is InChI=1S/C17H18FNO/c1-11-3-4-13-9-12(5-7-16(13)19-11)15-10-14(18)6-8-17(15)20-2/h5-11,19H,3-4H2,1-2H3. The number of hydrogen-bond acceptors (Lipinski definition) is 2. The van der Waals surface area contributed by atoms with E-state index in [9.17, 15) is 4.39 Å². The Labute approximate surface area is 118 Å². The van der Waals surface area contributed by atoms with E-state index in [-0.39, 0.29) is 5.82 Å². The third kappa shape index (κ3) is 2.36. The first-order valence-electron chi connectivity index (χ1n) is 6.91. The Morgan fingerprint density at radius 2 is 2.05 bits per heavy atom. The minimum atomic E-state index is -0.245. The highest BCUT2D eigenvalue weighted by Crippen LogP contribution is 2.34. The number of aryl methyl sites for hydroxylation is 1. The summed E-state index contributed by atoms with van der Waals surface area (Å²) in [6.45, 7) is 2.19. The molecule has 0 amide bonds. The first kappa shape index (κ1) is 13.0. The number of halogens is 1. The quantitative estimate of drug-likeness (QED) is 0.881. The molecule has 2 aromatic carbocycles. The van der Waals surface area contributed by atoms with Crippen LogP contribution in [0.15, 0.2) is 36.4 Å². The Hall–Kier alpha value is -2.03. The van der Waals surface area contributed by atoms with Gasteiger partial charge in [0.1, 0.15) is 11.6 Å². The van der Waals surface area contributed by atoms with E-state index in [2.05, 4.69) is 24.4 Å². The lowest BCUT2D eigenvalue weighted by molar-refractivity contribution is 0.415. The van der Waals surface area contributed by atoms with Crippen molar-refractivity contribution in [1.29, 1.82) is 0 Å². The molecular formula is C17H18FNO. The number of hydrogen-bond donors (Lipinski definition) is 1. The topological polar surface area (TPSA) is 21.3 Å². The van der Waals surface area contributed by atoms with E-state index in [4.69, 9.17) is 4.74 Å². The lowest BCUT2D eigenvalue weighted by atomic mass is 9.94. The lowest BCUT2D eigenvalue weighted by Crippen LogP contribution is -2.21. The van der Waals surface area contributed by atoms with Gasteiger partial charge in [0, 0.05) is 17.3 Å². The number of fused-ring (bicyclic) bond motifs is 1. The molecule has 0 aliphatic carbocycles. The van der Waals surface area contributed by atoms with Crippen molar-refractivity contribution >= 4 is 5.69 Å². The van der Waals surface area contributed by atoms with Crippen molar-refractivity contribution < 1.29 is 9.13 Å². The molecule has 104 valence electrons. The molecule has 0 bridgehead atoms. The zero-order valence-electron chi connectivity index (χ0n) is 11.7. The molecule has 0 radical (unpaired) electrons. The molecule has 20 heavy (non-hydrogen) atoms. The summed E-state index contributed by atoms with van der Waals surface area (Å²) < 4.78 is 18.8. The molecule has 0 spiro atoms. The van der Waals surface area contributed by atoms with Crippen molar-refractivity contribution in [3.8, 4) is 16.9 Å². The highest BCUT2D eigenvalue weighted by molar-refractivity contribution is 5.74. The maximum atomic E-state index is 13.5.